The average molecular weight is 514 g/mol. The van der Waals surface area contributed by atoms with Crippen LogP contribution >= 0.6 is 15.9 Å². The summed E-state index contributed by atoms with van der Waals surface area (Å²) in [6.45, 7) is 7.63. The van der Waals surface area contributed by atoms with Gasteiger partial charge in [0.15, 0.2) is 5.78 Å². The number of rotatable bonds is 6. The molecule has 1 aliphatic heterocycles. The number of carbonyl (C=O) groups excluding carboxylic acids is 3. The molecule has 0 bridgehead atoms. The zero-order valence-electron chi connectivity index (χ0n) is 19.0. The van der Waals surface area contributed by atoms with Crippen molar-refractivity contribution in [3.63, 3.8) is 0 Å². The lowest BCUT2D eigenvalue weighted by molar-refractivity contribution is -0.130. The fourth-order valence-corrected chi connectivity index (χ4v) is 4.02. The minimum Gasteiger partial charge on any atom is -0.341 e. The first-order chi connectivity index (χ1) is 15.8. The van der Waals surface area contributed by atoms with Crippen LogP contribution in [0.4, 0.5) is 5.82 Å². The zero-order valence-corrected chi connectivity index (χ0v) is 20.6. The number of fused-ring (bicyclic) bond motifs is 1. The fourth-order valence-electron chi connectivity index (χ4n) is 3.67. The van der Waals surface area contributed by atoms with Gasteiger partial charge in [-0.25, -0.2) is 4.98 Å². The van der Waals surface area contributed by atoms with Crippen LogP contribution in [0.5, 0.6) is 0 Å². The molecule has 0 spiro atoms. The van der Waals surface area contributed by atoms with Crippen molar-refractivity contribution in [2.24, 2.45) is 0 Å². The molecule has 0 aliphatic carbocycles. The smallest absolute Gasteiger partial charge is 0.244 e. The van der Waals surface area contributed by atoms with Crippen molar-refractivity contribution in [1.82, 2.24) is 19.7 Å². The van der Waals surface area contributed by atoms with E-state index in [4.69, 9.17) is 0 Å². The minimum absolute atomic E-state index is 0.0698. The number of halogens is 1. The Kier molecular flexibility index (Phi) is 8.32. The molecule has 3 heterocycles. The number of hydrogen-bond acceptors (Lipinski definition) is 5. The van der Waals surface area contributed by atoms with Crippen molar-refractivity contribution in [2.45, 2.75) is 46.1 Å². The van der Waals surface area contributed by atoms with E-state index in [1.165, 1.54) is 12.5 Å². The van der Waals surface area contributed by atoms with Crippen LogP contribution in [0, 0.1) is 0 Å². The van der Waals surface area contributed by atoms with Crippen LogP contribution in [0.1, 0.15) is 55.6 Å². The number of carbonyl (C=O) groups is 3. The molecule has 0 unspecified atom stereocenters. The average Bonchev–Trinajstić information content (AvgIpc) is 3.43. The SMILES string of the molecule is CC(=O)c1nn(CC(=O)N2CCCC2)c2cc(C(C)C)ccc12.O=CNc1cccc(Br)n1. The number of pyridine rings is 1. The first kappa shape index (κ1) is 24.6. The first-order valence-corrected chi connectivity index (χ1v) is 11.7. The fraction of sp³-hybridized carbons (Fsp3) is 0.375. The van der Waals surface area contributed by atoms with E-state index in [0.717, 1.165) is 36.8 Å². The topological polar surface area (TPSA) is 97.2 Å². The van der Waals surface area contributed by atoms with Gasteiger partial charge in [-0.1, -0.05) is 32.0 Å². The van der Waals surface area contributed by atoms with Crippen molar-refractivity contribution in [1.29, 1.82) is 0 Å². The van der Waals surface area contributed by atoms with Gasteiger partial charge in [0.05, 0.1) is 5.52 Å². The van der Waals surface area contributed by atoms with Gasteiger partial charge in [0.1, 0.15) is 22.7 Å². The van der Waals surface area contributed by atoms with E-state index in [9.17, 15) is 14.4 Å². The summed E-state index contributed by atoms with van der Waals surface area (Å²) >= 11 is 3.17. The van der Waals surface area contributed by atoms with E-state index in [0.29, 0.717) is 28.4 Å². The number of nitrogens with zero attached hydrogens (tertiary/aromatic N) is 4. The number of aromatic nitrogens is 3. The molecule has 1 fully saturated rings. The molecule has 1 saturated heterocycles. The molecule has 2 aromatic heterocycles. The van der Waals surface area contributed by atoms with Crippen LogP contribution in [0.25, 0.3) is 10.9 Å². The zero-order chi connectivity index (χ0) is 24.0. The van der Waals surface area contributed by atoms with Crippen LogP contribution < -0.4 is 5.32 Å². The van der Waals surface area contributed by atoms with Gasteiger partial charge < -0.3 is 10.2 Å². The Balaban J connectivity index is 0.000000257. The molecule has 1 aliphatic rings. The second-order valence-electron chi connectivity index (χ2n) is 8.19. The van der Waals surface area contributed by atoms with Gasteiger partial charge in [0.25, 0.3) is 0 Å². The van der Waals surface area contributed by atoms with Gasteiger partial charge in [-0.2, -0.15) is 5.10 Å². The second kappa shape index (κ2) is 11.2. The number of ketones is 1. The second-order valence-corrected chi connectivity index (χ2v) is 9.00. The highest BCUT2D eigenvalue weighted by Gasteiger charge is 2.21. The number of likely N-dealkylation sites (tertiary alicyclic amines) is 1. The van der Waals surface area contributed by atoms with Crippen molar-refractivity contribution < 1.29 is 14.4 Å². The Labute approximate surface area is 201 Å². The maximum Gasteiger partial charge on any atom is 0.244 e. The summed E-state index contributed by atoms with van der Waals surface area (Å²) in [6, 6.07) is 11.3. The van der Waals surface area contributed by atoms with Crippen molar-refractivity contribution in [2.75, 3.05) is 18.4 Å². The molecule has 33 heavy (non-hydrogen) atoms. The maximum atomic E-state index is 12.4. The normalized spacial score (nSPS) is 13.1. The van der Waals surface area contributed by atoms with Crippen LogP contribution in [-0.4, -0.2) is 50.9 Å². The highest BCUT2D eigenvalue weighted by atomic mass is 79.9. The Morgan fingerprint density at radius 1 is 1.18 bits per heavy atom. The number of anilines is 1. The van der Waals surface area contributed by atoms with Crippen molar-refractivity contribution in [3.8, 4) is 0 Å². The van der Waals surface area contributed by atoms with Gasteiger partial charge in [0.2, 0.25) is 12.3 Å². The Bertz CT molecular complexity index is 1150. The molecule has 174 valence electrons. The number of amides is 2. The third kappa shape index (κ3) is 6.25. The monoisotopic (exact) mass is 513 g/mol. The van der Waals surface area contributed by atoms with Gasteiger partial charge in [-0.3, -0.25) is 19.1 Å². The third-order valence-electron chi connectivity index (χ3n) is 5.44. The van der Waals surface area contributed by atoms with E-state index >= 15 is 0 Å². The summed E-state index contributed by atoms with van der Waals surface area (Å²) in [4.78, 5) is 40.0. The molecule has 8 nitrogen and oxygen atoms in total. The lowest BCUT2D eigenvalue weighted by atomic mass is 10.0. The largest absolute Gasteiger partial charge is 0.341 e. The number of nitrogens with one attached hydrogen (secondary N) is 1. The van der Waals surface area contributed by atoms with Crippen molar-refractivity contribution in [3.05, 3.63) is 52.3 Å². The molecule has 0 atom stereocenters. The third-order valence-corrected chi connectivity index (χ3v) is 5.88. The molecule has 4 rings (SSSR count). The van der Waals surface area contributed by atoms with Crippen LogP contribution in [0.3, 0.4) is 0 Å². The summed E-state index contributed by atoms with van der Waals surface area (Å²) in [5, 5.41) is 7.68. The Morgan fingerprint density at radius 3 is 2.52 bits per heavy atom. The predicted molar refractivity (Wildman–Crippen MR) is 131 cm³/mol. The molecule has 9 heteroatoms. The molecule has 3 aromatic rings. The summed E-state index contributed by atoms with van der Waals surface area (Å²) in [7, 11) is 0. The molecule has 1 aromatic carbocycles. The molecule has 2 amide bonds. The van der Waals surface area contributed by atoms with Crippen LogP contribution in [0.2, 0.25) is 0 Å². The molecule has 0 saturated carbocycles. The minimum atomic E-state index is -0.0698. The predicted octanol–water partition coefficient (Wildman–Crippen LogP) is 4.40. The molecule has 1 N–H and O–H groups in total. The van der Waals surface area contributed by atoms with Gasteiger partial charge >= 0.3 is 0 Å². The van der Waals surface area contributed by atoms with E-state index in [2.05, 4.69) is 51.2 Å². The van der Waals surface area contributed by atoms with Gasteiger partial charge in [-0.05, 0) is 58.5 Å². The van der Waals surface area contributed by atoms with Crippen LogP contribution in [-0.2, 0) is 16.1 Å². The van der Waals surface area contributed by atoms with Crippen molar-refractivity contribution >= 4 is 50.8 Å². The van der Waals surface area contributed by atoms with E-state index in [1.54, 1.807) is 22.9 Å². The number of hydrogen-bond donors (Lipinski definition) is 1. The summed E-state index contributed by atoms with van der Waals surface area (Å²) in [5.74, 6) is 0.943. The van der Waals surface area contributed by atoms with Gasteiger partial charge in [-0.15, -0.1) is 0 Å². The summed E-state index contributed by atoms with van der Waals surface area (Å²) in [6.07, 6.45) is 2.73. The maximum absolute atomic E-state index is 12.4. The molecule has 0 radical (unpaired) electrons. The summed E-state index contributed by atoms with van der Waals surface area (Å²) < 4.78 is 2.40. The molecular formula is C24H28BrN5O3. The molecular weight excluding hydrogens is 486 g/mol. The quantitative estimate of drug-likeness (QED) is 0.299. The summed E-state index contributed by atoms with van der Waals surface area (Å²) in [5.41, 5.74) is 2.50. The lowest BCUT2D eigenvalue weighted by Crippen LogP contribution is -2.31. The van der Waals surface area contributed by atoms with E-state index in [-0.39, 0.29) is 18.2 Å². The van der Waals surface area contributed by atoms with E-state index < -0.39 is 0 Å². The standard InChI is InChI=1S/C18H23N3O2.C6H5BrN2O/c1-12(2)14-6-7-15-16(10-14)21(19-18(15)13(3)22)11-17(23)20-8-4-5-9-20;7-5-2-1-3-6(9-5)8-4-10/h6-7,10,12H,4-5,8-9,11H2,1-3H3;1-4H,(H,8,9,10). The van der Waals surface area contributed by atoms with Gasteiger partial charge in [0, 0.05) is 25.4 Å². The highest BCUT2D eigenvalue weighted by molar-refractivity contribution is 9.10. The van der Waals surface area contributed by atoms with E-state index in [1.807, 2.05) is 17.0 Å². The number of Topliss-reactive ketones (excluding diaryl/α,β-unsaturated/α-hetero) is 1. The Hall–Kier alpha value is -3.07. The highest BCUT2D eigenvalue weighted by Crippen LogP contribution is 2.25. The lowest BCUT2D eigenvalue weighted by Gasteiger charge is -2.15. The first-order valence-electron chi connectivity index (χ1n) is 10.9. The van der Waals surface area contributed by atoms with Crippen LogP contribution in [0.15, 0.2) is 41.0 Å². The number of benzene rings is 1. The Morgan fingerprint density at radius 2 is 1.91 bits per heavy atom.